The standard InChI is InChI=1S/C24H21N3O2/c1-16(19-13-8-9-15-25-19)26-24(28)21-18-12-6-7-14-20(18)27-22(23(21)29-2)17-10-4-3-5-11-17/h3-16H,1-2H3,(H,26,28). The highest BCUT2D eigenvalue weighted by Crippen LogP contribution is 2.36. The van der Waals surface area contributed by atoms with Crippen molar-refractivity contribution < 1.29 is 9.53 Å². The van der Waals surface area contributed by atoms with Crippen LogP contribution < -0.4 is 10.1 Å². The Balaban J connectivity index is 1.85. The predicted octanol–water partition coefficient (Wildman–Crippen LogP) is 4.80. The first kappa shape index (κ1) is 18.6. The summed E-state index contributed by atoms with van der Waals surface area (Å²) in [5.74, 6) is 0.233. The van der Waals surface area contributed by atoms with Crippen LogP contribution in [-0.4, -0.2) is 23.0 Å². The highest BCUT2D eigenvalue weighted by atomic mass is 16.5. The van der Waals surface area contributed by atoms with Crippen LogP contribution in [0.1, 0.15) is 29.0 Å². The third-order valence-electron chi connectivity index (χ3n) is 4.81. The molecule has 2 aromatic carbocycles. The Morgan fingerprint density at radius 2 is 1.69 bits per heavy atom. The molecular weight excluding hydrogens is 362 g/mol. The summed E-state index contributed by atoms with van der Waals surface area (Å²) in [5.41, 5.74) is 3.54. The van der Waals surface area contributed by atoms with Crippen LogP contribution >= 0.6 is 0 Å². The lowest BCUT2D eigenvalue weighted by molar-refractivity contribution is 0.0938. The van der Waals surface area contributed by atoms with Crippen molar-refractivity contribution in [2.24, 2.45) is 0 Å². The molecular formula is C24H21N3O2. The summed E-state index contributed by atoms with van der Waals surface area (Å²) < 4.78 is 5.71. The van der Waals surface area contributed by atoms with E-state index < -0.39 is 0 Å². The fourth-order valence-electron chi connectivity index (χ4n) is 3.39. The van der Waals surface area contributed by atoms with Crippen molar-refractivity contribution in [1.82, 2.24) is 15.3 Å². The molecule has 0 spiro atoms. The van der Waals surface area contributed by atoms with E-state index in [4.69, 9.17) is 9.72 Å². The van der Waals surface area contributed by atoms with Crippen molar-refractivity contribution in [1.29, 1.82) is 0 Å². The molecule has 0 bridgehead atoms. The lowest BCUT2D eigenvalue weighted by Gasteiger charge is -2.18. The highest BCUT2D eigenvalue weighted by molar-refractivity contribution is 6.10. The van der Waals surface area contributed by atoms with Crippen LogP contribution in [0.5, 0.6) is 5.75 Å². The third kappa shape index (κ3) is 3.67. The van der Waals surface area contributed by atoms with E-state index in [2.05, 4.69) is 10.3 Å². The number of para-hydroxylation sites is 1. The van der Waals surface area contributed by atoms with Gasteiger partial charge in [-0.1, -0.05) is 54.6 Å². The molecule has 0 aliphatic heterocycles. The minimum absolute atomic E-state index is 0.226. The molecule has 1 N–H and O–H groups in total. The van der Waals surface area contributed by atoms with Gasteiger partial charge in [-0.2, -0.15) is 0 Å². The lowest BCUT2D eigenvalue weighted by atomic mass is 10.0. The summed E-state index contributed by atoms with van der Waals surface area (Å²) in [6.07, 6.45) is 1.72. The number of amides is 1. The molecule has 0 saturated carbocycles. The van der Waals surface area contributed by atoms with E-state index in [1.807, 2.05) is 79.7 Å². The Hall–Kier alpha value is -3.73. The number of hydrogen-bond donors (Lipinski definition) is 1. The van der Waals surface area contributed by atoms with Crippen LogP contribution in [0.3, 0.4) is 0 Å². The van der Waals surface area contributed by atoms with Gasteiger partial charge < -0.3 is 10.1 Å². The topological polar surface area (TPSA) is 64.1 Å². The Kier molecular flexibility index (Phi) is 5.20. The first-order valence-electron chi connectivity index (χ1n) is 9.43. The summed E-state index contributed by atoms with van der Waals surface area (Å²) in [5, 5.41) is 3.79. The minimum Gasteiger partial charge on any atom is -0.494 e. The number of carbonyl (C=O) groups is 1. The van der Waals surface area contributed by atoms with Crippen LogP contribution in [0, 0.1) is 0 Å². The Bertz CT molecular complexity index is 1140. The molecule has 4 aromatic rings. The third-order valence-corrected chi connectivity index (χ3v) is 4.81. The van der Waals surface area contributed by atoms with E-state index >= 15 is 0 Å². The number of fused-ring (bicyclic) bond motifs is 1. The first-order chi connectivity index (χ1) is 14.2. The van der Waals surface area contributed by atoms with Gasteiger partial charge in [-0.3, -0.25) is 9.78 Å². The summed E-state index contributed by atoms with van der Waals surface area (Å²) in [7, 11) is 1.57. The van der Waals surface area contributed by atoms with Gasteiger partial charge in [-0.15, -0.1) is 0 Å². The molecule has 1 amide bonds. The molecule has 1 unspecified atom stereocenters. The van der Waals surface area contributed by atoms with Gasteiger partial charge in [0.2, 0.25) is 0 Å². The molecule has 2 aromatic heterocycles. The molecule has 0 fully saturated rings. The SMILES string of the molecule is COc1c(-c2ccccc2)nc2ccccc2c1C(=O)NC(C)c1ccccn1. The number of nitrogens with zero attached hydrogens (tertiary/aromatic N) is 2. The fourth-order valence-corrected chi connectivity index (χ4v) is 3.39. The lowest BCUT2D eigenvalue weighted by Crippen LogP contribution is -2.28. The van der Waals surface area contributed by atoms with Crippen molar-refractivity contribution in [2.45, 2.75) is 13.0 Å². The van der Waals surface area contributed by atoms with Gasteiger partial charge in [-0.25, -0.2) is 4.98 Å². The zero-order chi connectivity index (χ0) is 20.2. The maximum absolute atomic E-state index is 13.4. The number of methoxy groups -OCH3 is 1. The van der Waals surface area contributed by atoms with Crippen LogP contribution in [0.15, 0.2) is 79.0 Å². The van der Waals surface area contributed by atoms with Crippen LogP contribution in [0.4, 0.5) is 0 Å². The number of benzene rings is 2. The summed E-state index contributed by atoms with van der Waals surface area (Å²) >= 11 is 0. The van der Waals surface area contributed by atoms with Crippen LogP contribution in [0.2, 0.25) is 0 Å². The monoisotopic (exact) mass is 383 g/mol. The largest absolute Gasteiger partial charge is 0.494 e. The number of nitrogens with one attached hydrogen (secondary N) is 1. The second-order valence-corrected chi connectivity index (χ2v) is 6.70. The molecule has 0 saturated heterocycles. The molecule has 2 heterocycles. The smallest absolute Gasteiger partial charge is 0.256 e. The zero-order valence-electron chi connectivity index (χ0n) is 16.3. The van der Waals surface area contributed by atoms with Crippen molar-refractivity contribution in [2.75, 3.05) is 7.11 Å². The predicted molar refractivity (Wildman–Crippen MR) is 114 cm³/mol. The molecule has 0 aliphatic carbocycles. The van der Waals surface area contributed by atoms with E-state index in [9.17, 15) is 4.79 Å². The van der Waals surface area contributed by atoms with E-state index in [1.165, 1.54) is 0 Å². The number of carbonyl (C=O) groups excluding carboxylic acids is 1. The van der Waals surface area contributed by atoms with E-state index in [0.717, 1.165) is 22.2 Å². The van der Waals surface area contributed by atoms with Crippen LogP contribution in [-0.2, 0) is 0 Å². The van der Waals surface area contributed by atoms with Gasteiger partial charge in [0, 0.05) is 17.1 Å². The first-order valence-corrected chi connectivity index (χ1v) is 9.43. The minimum atomic E-state index is -0.250. The Labute approximate surface area is 169 Å². The van der Waals surface area contributed by atoms with Gasteiger partial charge in [0.15, 0.2) is 5.75 Å². The molecule has 0 aliphatic rings. The molecule has 144 valence electrons. The number of aromatic nitrogens is 2. The number of rotatable bonds is 5. The van der Waals surface area contributed by atoms with E-state index in [-0.39, 0.29) is 11.9 Å². The average Bonchev–Trinajstić information content (AvgIpc) is 2.78. The number of hydrogen-bond acceptors (Lipinski definition) is 4. The number of ether oxygens (including phenoxy) is 1. The van der Waals surface area contributed by atoms with Crippen molar-refractivity contribution in [3.8, 4) is 17.0 Å². The second-order valence-electron chi connectivity index (χ2n) is 6.70. The summed E-state index contributed by atoms with van der Waals surface area (Å²) in [6, 6.07) is 22.7. The van der Waals surface area contributed by atoms with Crippen molar-refractivity contribution in [3.05, 3.63) is 90.3 Å². The average molecular weight is 383 g/mol. The maximum Gasteiger partial charge on any atom is 0.256 e. The van der Waals surface area contributed by atoms with Crippen molar-refractivity contribution in [3.63, 3.8) is 0 Å². The van der Waals surface area contributed by atoms with Gasteiger partial charge >= 0.3 is 0 Å². The van der Waals surface area contributed by atoms with Gasteiger partial charge in [-0.05, 0) is 25.1 Å². The summed E-state index contributed by atoms with van der Waals surface area (Å²) in [6.45, 7) is 1.91. The van der Waals surface area contributed by atoms with Gasteiger partial charge in [0.05, 0.1) is 29.9 Å². The second kappa shape index (κ2) is 8.10. The molecule has 1 atom stereocenters. The van der Waals surface area contributed by atoms with Crippen molar-refractivity contribution >= 4 is 16.8 Å². The highest BCUT2D eigenvalue weighted by Gasteiger charge is 2.24. The number of pyridine rings is 2. The molecule has 0 radical (unpaired) electrons. The Morgan fingerprint density at radius 3 is 2.41 bits per heavy atom. The maximum atomic E-state index is 13.4. The normalized spacial score (nSPS) is 11.8. The van der Waals surface area contributed by atoms with Gasteiger partial charge in [0.1, 0.15) is 5.69 Å². The summed E-state index contributed by atoms with van der Waals surface area (Å²) in [4.78, 5) is 22.5. The Morgan fingerprint density at radius 1 is 0.966 bits per heavy atom. The van der Waals surface area contributed by atoms with Crippen LogP contribution in [0.25, 0.3) is 22.2 Å². The quantitative estimate of drug-likeness (QED) is 0.538. The molecule has 5 nitrogen and oxygen atoms in total. The molecule has 4 rings (SSSR count). The van der Waals surface area contributed by atoms with E-state index in [1.54, 1.807) is 13.3 Å². The zero-order valence-corrected chi connectivity index (χ0v) is 16.3. The molecule has 29 heavy (non-hydrogen) atoms. The van der Waals surface area contributed by atoms with E-state index in [0.29, 0.717) is 17.0 Å². The molecule has 5 heteroatoms. The van der Waals surface area contributed by atoms with Gasteiger partial charge in [0.25, 0.3) is 5.91 Å². The fraction of sp³-hybridized carbons (Fsp3) is 0.125.